The van der Waals surface area contributed by atoms with Crippen molar-refractivity contribution in [2.45, 2.75) is 45.1 Å². The molecular weight excluding hydrogens is 305 g/mol. The average molecular weight is 324 g/mol. The van der Waals surface area contributed by atoms with Crippen molar-refractivity contribution in [3.63, 3.8) is 0 Å². The Balaban J connectivity index is 2.28. The Morgan fingerprint density at radius 1 is 1.53 bits per heavy atom. The van der Waals surface area contributed by atoms with E-state index >= 15 is 0 Å². The lowest BCUT2D eigenvalue weighted by atomic mass is 10.1. The highest BCUT2D eigenvalue weighted by molar-refractivity contribution is 7.20. The molecule has 0 aromatic carbocycles. The van der Waals surface area contributed by atoms with Crippen molar-refractivity contribution in [1.82, 2.24) is 5.32 Å². The van der Waals surface area contributed by atoms with Crippen LogP contribution in [0.3, 0.4) is 0 Å². The summed E-state index contributed by atoms with van der Waals surface area (Å²) < 4.78 is 1.38. The Morgan fingerprint density at radius 2 is 2.26 bits per heavy atom. The SMILES string of the molecule is CCC(CCO)NC(=O)CCCc1cc(Cl)sc1Cl. The first-order valence-electron chi connectivity index (χ1n) is 6.40. The van der Waals surface area contributed by atoms with Crippen molar-refractivity contribution in [1.29, 1.82) is 0 Å². The number of halogens is 2. The molecule has 1 atom stereocenters. The summed E-state index contributed by atoms with van der Waals surface area (Å²) in [7, 11) is 0. The van der Waals surface area contributed by atoms with E-state index in [1.54, 1.807) is 0 Å². The number of carbonyl (C=O) groups is 1. The normalized spacial score (nSPS) is 12.4. The summed E-state index contributed by atoms with van der Waals surface area (Å²) in [5.41, 5.74) is 1.01. The molecular formula is C13H19Cl2NO2S. The number of rotatable bonds is 8. The minimum absolute atomic E-state index is 0.0257. The van der Waals surface area contributed by atoms with Gasteiger partial charge in [0.2, 0.25) is 5.91 Å². The quantitative estimate of drug-likeness (QED) is 0.767. The molecule has 3 nitrogen and oxygen atoms in total. The van der Waals surface area contributed by atoms with Gasteiger partial charge in [-0.05, 0) is 37.3 Å². The number of carbonyl (C=O) groups excluding carboxylic acids is 1. The van der Waals surface area contributed by atoms with Gasteiger partial charge in [-0.25, -0.2) is 0 Å². The van der Waals surface area contributed by atoms with Gasteiger partial charge >= 0.3 is 0 Å². The molecule has 6 heteroatoms. The third kappa shape index (κ3) is 6.13. The van der Waals surface area contributed by atoms with Crippen LogP contribution in [0.2, 0.25) is 8.67 Å². The van der Waals surface area contributed by atoms with Gasteiger partial charge in [-0.2, -0.15) is 0 Å². The van der Waals surface area contributed by atoms with Gasteiger partial charge in [0, 0.05) is 19.1 Å². The first-order chi connectivity index (χ1) is 9.06. The van der Waals surface area contributed by atoms with E-state index in [0.29, 0.717) is 21.5 Å². The lowest BCUT2D eigenvalue weighted by Crippen LogP contribution is -2.34. The maximum Gasteiger partial charge on any atom is 0.220 e. The summed E-state index contributed by atoms with van der Waals surface area (Å²) >= 11 is 13.2. The zero-order valence-electron chi connectivity index (χ0n) is 10.9. The van der Waals surface area contributed by atoms with E-state index in [4.69, 9.17) is 28.3 Å². The summed E-state index contributed by atoms with van der Waals surface area (Å²) in [6, 6.07) is 1.92. The number of thiophene rings is 1. The van der Waals surface area contributed by atoms with Crippen molar-refractivity contribution in [3.8, 4) is 0 Å². The molecule has 1 amide bonds. The van der Waals surface area contributed by atoms with E-state index in [1.165, 1.54) is 11.3 Å². The molecule has 0 aliphatic carbocycles. The third-order valence-corrected chi connectivity index (χ3v) is 4.48. The highest BCUT2D eigenvalue weighted by Gasteiger charge is 2.11. The minimum atomic E-state index is 0.0257. The summed E-state index contributed by atoms with van der Waals surface area (Å²) in [6.07, 6.45) is 3.40. The van der Waals surface area contributed by atoms with Crippen molar-refractivity contribution in [2.75, 3.05) is 6.61 Å². The zero-order valence-corrected chi connectivity index (χ0v) is 13.2. The standard InChI is InChI=1S/C13H19Cl2NO2S/c1-2-10(6-7-17)16-12(18)5-3-4-9-8-11(14)19-13(9)15/h8,10,17H,2-7H2,1H3,(H,16,18). The molecule has 1 aromatic rings. The lowest BCUT2D eigenvalue weighted by Gasteiger charge is -2.15. The van der Waals surface area contributed by atoms with Crippen LogP contribution in [0.5, 0.6) is 0 Å². The Kier molecular flexibility index (Phi) is 7.76. The number of nitrogens with one attached hydrogen (secondary N) is 1. The molecule has 108 valence electrons. The van der Waals surface area contributed by atoms with Gasteiger partial charge < -0.3 is 10.4 Å². The summed E-state index contributed by atoms with van der Waals surface area (Å²) in [4.78, 5) is 11.7. The lowest BCUT2D eigenvalue weighted by molar-refractivity contribution is -0.122. The predicted molar refractivity (Wildman–Crippen MR) is 81.2 cm³/mol. The van der Waals surface area contributed by atoms with Crippen LogP contribution >= 0.6 is 34.5 Å². The molecule has 0 fully saturated rings. The molecule has 1 unspecified atom stereocenters. The number of aryl methyl sites for hydroxylation is 1. The van der Waals surface area contributed by atoms with Crippen LogP contribution in [0.4, 0.5) is 0 Å². The number of amides is 1. The fourth-order valence-corrected chi connectivity index (χ4v) is 3.36. The Morgan fingerprint density at radius 3 is 2.79 bits per heavy atom. The first kappa shape index (κ1) is 16.8. The molecule has 1 heterocycles. The van der Waals surface area contributed by atoms with Crippen LogP contribution in [-0.4, -0.2) is 23.7 Å². The van der Waals surface area contributed by atoms with Crippen LogP contribution in [0.25, 0.3) is 0 Å². The van der Waals surface area contributed by atoms with Gasteiger partial charge in [-0.1, -0.05) is 30.1 Å². The van der Waals surface area contributed by atoms with Crippen molar-refractivity contribution in [3.05, 3.63) is 20.3 Å². The zero-order chi connectivity index (χ0) is 14.3. The van der Waals surface area contributed by atoms with Crippen molar-refractivity contribution >= 4 is 40.4 Å². The topological polar surface area (TPSA) is 49.3 Å². The maximum absolute atomic E-state index is 11.7. The first-order valence-corrected chi connectivity index (χ1v) is 7.98. The molecule has 0 aliphatic heterocycles. The van der Waals surface area contributed by atoms with Crippen LogP contribution in [0.15, 0.2) is 6.07 Å². The largest absolute Gasteiger partial charge is 0.396 e. The maximum atomic E-state index is 11.7. The second kappa shape index (κ2) is 8.80. The van der Waals surface area contributed by atoms with Gasteiger partial charge in [0.15, 0.2) is 0 Å². The molecule has 1 rings (SSSR count). The van der Waals surface area contributed by atoms with Crippen molar-refractivity contribution < 1.29 is 9.90 Å². The van der Waals surface area contributed by atoms with E-state index in [-0.39, 0.29) is 18.6 Å². The van der Waals surface area contributed by atoms with Gasteiger partial charge in [-0.15, -0.1) is 11.3 Å². The average Bonchev–Trinajstić information content (AvgIpc) is 2.67. The molecule has 0 saturated heterocycles. The highest BCUT2D eigenvalue weighted by Crippen LogP contribution is 2.31. The van der Waals surface area contributed by atoms with Gasteiger partial charge in [-0.3, -0.25) is 4.79 Å². The smallest absolute Gasteiger partial charge is 0.220 e. The van der Waals surface area contributed by atoms with E-state index in [9.17, 15) is 4.79 Å². The van der Waals surface area contributed by atoms with E-state index in [1.807, 2.05) is 13.0 Å². The molecule has 0 radical (unpaired) electrons. The van der Waals surface area contributed by atoms with Gasteiger partial charge in [0.05, 0.1) is 8.67 Å². The summed E-state index contributed by atoms with van der Waals surface area (Å²) in [5, 5.41) is 11.8. The molecule has 0 aliphatic rings. The number of aliphatic hydroxyl groups is 1. The summed E-state index contributed by atoms with van der Waals surface area (Å²) in [5.74, 6) is 0.0257. The van der Waals surface area contributed by atoms with E-state index in [2.05, 4.69) is 5.32 Å². The molecule has 1 aromatic heterocycles. The molecule has 2 N–H and O–H groups in total. The monoisotopic (exact) mass is 323 g/mol. The van der Waals surface area contributed by atoms with Crippen LogP contribution < -0.4 is 5.32 Å². The second-order valence-corrected chi connectivity index (χ2v) is 6.67. The fourth-order valence-electron chi connectivity index (χ4n) is 1.82. The number of hydrogen-bond acceptors (Lipinski definition) is 3. The molecule has 19 heavy (non-hydrogen) atoms. The van der Waals surface area contributed by atoms with Crippen LogP contribution in [-0.2, 0) is 11.2 Å². The summed E-state index contributed by atoms with van der Waals surface area (Å²) in [6.45, 7) is 2.09. The van der Waals surface area contributed by atoms with Crippen LogP contribution in [0, 0.1) is 0 Å². The van der Waals surface area contributed by atoms with Gasteiger partial charge in [0.1, 0.15) is 0 Å². The predicted octanol–water partition coefficient (Wildman–Crippen LogP) is 3.65. The van der Waals surface area contributed by atoms with Gasteiger partial charge in [0.25, 0.3) is 0 Å². The fraction of sp³-hybridized carbons (Fsp3) is 0.615. The molecule has 0 saturated carbocycles. The number of hydrogen-bond donors (Lipinski definition) is 2. The molecule has 0 spiro atoms. The number of aliphatic hydroxyl groups excluding tert-OH is 1. The van der Waals surface area contributed by atoms with E-state index < -0.39 is 0 Å². The minimum Gasteiger partial charge on any atom is -0.396 e. The third-order valence-electron chi connectivity index (χ3n) is 2.91. The van der Waals surface area contributed by atoms with E-state index in [0.717, 1.165) is 24.8 Å². The second-order valence-electron chi connectivity index (χ2n) is 4.39. The highest BCUT2D eigenvalue weighted by atomic mass is 35.5. The Labute approximate surface area is 127 Å². The molecule has 0 bridgehead atoms. The van der Waals surface area contributed by atoms with Crippen molar-refractivity contribution in [2.24, 2.45) is 0 Å². The Hall–Kier alpha value is -0.290. The van der Waals surface area contributed by atoms with Crippen LogP contribution in [0.1, 0.15) is 38.2 Å². The Bertz CT molecular complexity index is 409.